The minimum absolute atomic E-state index is 0.144. The fourth-order valence-corrected chi connectivity index (χ4v) is 2.07. The highest BCUT2D eigenvalue weighted by Crippen LogP contribution is 2.13. The van der Waals surface area contributed by atoms with Crippen LogP contribution in [0.2, 0.25) is 0 Å². The molecule has 7 heteroatoms. The van der Waals surface area contributed by atoms with Crippen molar-refractivity contribution in [3.8, 4) is 0 Å². The number of carbonyl (C=O) groups excluding carboxylic acids is 2. The molecule has 6 nitrogen and oxygen atoms in total. The Bertz CT molecular complexity index is 630. The second kappa shape index (κ2) is 5.31. The quantitative estimate of drug-likeness (QED) is 0.826. The molecule has 2 amide bonds. The molecule has 100 valence electrons. The third-order valence-electron chi connectivity index (χ3n) is 2.46. The van der Waals surface area contributed by atoms with E-state index in [1.54, 1.807) is 36.9 Å². The number of nitrogens with one attached hydrogen (secondary N) is 2. The van der Waals surface area contributed by atoms with Gasteiger partial charge in [0.1, 0.15) is 11.5 Å². The van der Waals surface area contributed by atoms with E-state index in [1.165, 1.54) is 6.07 Å². The summed E-state index contributed by atoms with van der Waals surface area (Å²) in [5.41, 5.74) is 5.03. The predicted molar refractivity (Wildman–Crippen MR) is 71.5 cm³/mol. The van der Waals surface area contributed by atoms with Gasteiger partial charge in [-0.05, 0) is 41.1 Å². The lowest BCUT2D eigenvalue weighted by Gasteiger charge is -2.06. The average molecular weight is 326 g/mol. The zero-order valence-corrected chi connectivity index (χ0v) is 11.9. The second-order valence-corrected chi connectivity index (χ2v) is 4.89. The number of halogens is 1. The molecule has 19 heavy (non-hydrogen) atoms. The molecule has 2 aromatic rings. The molecule has 0 unspecified atom stereocenters. The van der Waals surface area contributed by atoms with Gasteiger partial charge < -0.3 is 8.98 Å². The van der Waals surface area contributed by atoms with Gasteiger partial charge in [-0.1, -0.05) is 0 Å². The molecule has 2 aromatic heterocycles. The van der Waals surface area contributed by atoms with Crippen molar-refractivity contribution in [2.45, 2.75) is 6.92 Å². The average Bonchev–Trinajstić information content (AvgIpc) is 2.92. The molecule has 0 aliphatic heterocycles. The van der Waals surface area contributed by atoms with E-state index < -0.39 is 11.8 Å². The van der Waals surface area contributed by atoms with Crippen molar-refractivity contribution in [3.05, 3.63) is 46.1 Å². The number of hydrogen-bond acceptors (Lipinski definition) is 3. The maximum atomic E-state index is 11.8. The van der Waals surface area contributed by atoms with Gasteiger partial charge in [0.25, 0.3) is 5.91 Å². The molecular weight excluding hydrogens is 314 g/mol. The Kier molecular flexibility index (Phi) is 3.75. The minimum Gasteiger partial charge on any atom is -0.456 e. The smallest absolute Gasteiger partial charge is 0.305 e. The van der Waals surface area contributed by atoms with Crippen molar-refractivity contribution in [1.82, 2.24) is 15.4 Å². The summed E-state index contributed by atoms with van der Waals surface area (Å²) in [6, 6.07) is 4.86. The van der Waals surface area contributed by atoms with Gasteiger partial charge in [-0.25, -0.2) is 0 Å². The van der Waals surface area contributed by atoms with Gasteiger partial charge in [0, 0.05) is 17.7 Å². The van der Waals surface area contributed by atoms with Crippen molar-refractivity contribution in [2.75, 3.05) is 0 Å². The molecule has 0 atom stereocenters. The van der Waals surface area contributed by atoms with E-state index in [0.29, 0.717) is 11.5 Å². The molecule has 2 heterocycles. The lowest BCUT2D eigenvalue weighted by Crippen LogP contribution is -2.42. The highest BCUT2D eigenvalue weighted by atomic mass is 79.9. The SMILES string of the molecule is Cc1ccc(C(=O)NNC(=O)c2cc(Br)cn2C)o1. The topological polar surface area (TPSA) is 76.3 Å². The van der Waals surface area contributed by atoms with Gasteiger partial charge in [-0.2, -0.15) is 0 Å². The number of carbonyl (C=O) groups is 2. The van der Waals surface area contributed by atoms with Gasteiger partial charge in [-0.3, -0.25) is 20.4 Å². The van der Waals surface area contributed by atoms with Crippen LogP contribution in [0, 0.1) is 6.92 Å². The molecule has 0 fully saturated rings. The van der Waals surface area contributed by atoms with E-state index in [1.807, 2.05) is 0 Å². The fourth-order valence-electron chi connectivity index (χ4n) is 1.55. The molecule has 0 aliphatic rings. The van der Waals surface area contributed by atoms with Crippen LogP contribution in [0.3, 0.4) is 0 Å². The van der Waals surface area contributed by atoms with Crippen molar-refractivity contribution < 1.29 is 14.0 Å². The van der Waals surface area contributed by atoms with E-state index in [9.17, 15) is 9.59 Å². The Hall–Kier alpha value is -2.02. The van der Waals surface area contributed by atoms with Crippen LogP contribution in [0.15, 0.2) is 33.3 Å². The first-order valence-electron chi connectivity index (χ1n) is 5.46. The molecule has 0 aromatic carbocycles. The normalized spacial score (nSPS) is 10.3. The molecule has 0 bridgehead atoms. The number of rotatable bonds is 2. The van der Waals surface area contributed by atoms with Gasteiger partial charge in [0.05, 0.1) is 0 Å². The maximum Gasteiger partial charge on any atom is 0.305 e. The first kappa shape index (κ1) is 13.4. The van der Waals surface area contributed by atoms with E-state index in [-0.39, 0.29) is 5.76 Å². The Balaban J connectivity index is 1.97. The maximum absolute atomic E-state index is 11.8. The van der Waals surface area contributed by atoms with Crippen LogP contribution in [0.5, 0.6) is 0 Å². The first-order valence-corrected chi connectivity index (χ1v) is 6.25. The van der Waals surface area contributed by atoms with Crippen LogP contribution in [0.4, 0.5) is 0 Å². The Morgan fingerprint density at radius 2 is 1.95 bits per heavy atom. The van der Waals surface area contributed by atoms with Crippen molar-refractivity contribution in [3.63, 3.8) is 0 Å². The molecular formula is C12H12BrN3O3. The summed E-state index contributed by atoms with van der Waals surface area (Å²) >= 11 is 3.27. The molecule has 0 saturated heterocycles. The summed E-state index contributed by atoms with van der Waals surface area (Å²) < 4.78 is 7.56. The number of nitrogens with zero attached hydrogens (tertiary/aromatic N) is 1. The lowest BCUT2D eigenvalue weighted by molar-refractivity contribution is 0.0826. The molecule has 0 saturated carbocycles. The third-order valence-corrected chi connectivity index (χ3v) is 2.89. The monoisotopic (exact) mass is 325 g/mol. The highest BCUT2D eigenvalue weighted by molar-refractivity contribution is 9.10. The van der Waals surface area contributed by atoms with Gasteiger partial charge in [0.15, 0.2) is 5.76 Å². The molecule has 2 N–H and O–H groups in total. The lowest BCUT2D eigenvalue weighted by atomic mass is 10.4. The summed E-state index contributed by atoms with van der Waals surface area (Å²) in [5.74, 6) is -0.145. The predicted octanol–water partition coefficient (Wildman–Crippen LogP) is 1.76. The van der Waals surface area contributed by atoms with Crippen LogP contribution in [-0.2, 0) is 7.05 Å². The summed E-state index contributed by atoms with van der Waals surface area (Å²) in [6.07, 6.45) is 1.74. The Labute approximate surface area is 117 Å². The van der Waals surface area contributed by atoms with Crippen molar-refractivity contribution in [2.24, 2.45) is 7.05 Å². The summed E-state index contributed by atoms with van der Waals surface area (Å²) in [5, 5.41) is 0. The number of hydrogen-bond donors (Lipinski definition) is 2. The number of furan rings is 1. The number of aryl methyl sites for hydroxylation is 2. The van der Waals surface area contributed by atoms with Crippen molar-refractivity contribution >= 4 is 27.7 Å². The standard InChI is InChI=1S/C12H12BrN3O3/c1-7-3-4-10(19-7)12(18)15-14-11(17)9-5-8(13)6-16(9)2/h3-6H,1-2H3,(H,14,17)(H,15,18). The zero-order chi connectivity index (χ0) is 14.0. The Morgan fingerprint density at radius 1 is 1.26 bits per heavy atom. The molecule has 0 spiro atoms. The largest absolute Gasteiger partial charge is 0.456 e. The summed E-state index contributed by atoms with van der Waals surface area (Å²) in [7, 11) is 1.73. The number of hydrazine groups is 1. The van der Waals surface area contributed by atoms with Crippen LogP contribution in [-0.4, -0.2) is 16.4 Å². The van der Waals surface area contributed by atoms with Crippen molar-refractivity contribution in [1.29, 1.82) is 0 Å². The third kappa shape index (κ3) is 3.05. The van der Waals surface area contributed by atoms with Crippen LogP contribution in [0.25, 0.3) is 0 Å². The van der Waals surface area contributed by atoms with E-state index in [2.05, 4.69) is 26.8 Å². The summed E-state index contributed by atoms with van der Waals surface area (Å²) in [6.45, 7) is 1.73. The first-order chi connectivity index (χ1) is 8.97. The fraction of sp³-hybridized carbons (Fsp3) is 0.167. The van der Waals surface area contributed by atoms with Crippen LogP contribution in [0.1, 0.15) is 26.8 Å². The van der Waals surface area contributed by atoms with E-state index in [0.717, 1.165) is 4.47 Å². The highest BCUT2D eigenvalue weighted by Gasteiger charge is 2.14. The van der Waals surface area contributed by atoms with Gasteiger partial charge >= 0.3 is 5.91 Å². The Morgan fingerprint density at radius 3 is 2.47 bits per heavy atom. The molecule has 0 aliphatic carbocycles. The number of amides is 2. The minimum atomic E-state index is -0.505. The van der Waals surface area contributed by atoms with Crippen LogP contribution < -0.4 is 10.9 Å². The molecule has 2 rings (SSSR count). The number of aromatic nitrogens is 1. The summed E-state index contributed by atoms with van der Waals surface area (Å²) in [4.78, 5) is 23.5. The van der Waals surface area contributed by atoms with E-state index in [4.69, 9.17) is 4.42 Å². The molecule has 0 radical (unpaired) electrons. The second-order valence-electron chi connectivity index (χ2n) is 3.97. The van der Waals surface area contributed by atoms with Crippen LogP contribution >= 0.6 is 15.9 Å². The van der Waals surface area contributed by atoms with E-state index >= 15 is 0 Å². The van der Waals surface area contributed by atoms with Gasteiger partial charge in [0.2, 0.25) is 0 Å². The zero-order valence-electron chi connectivity index (χ0n) is 10.4. The van der Waals surface area contributed by atoms with Gasteiger partial charge in [-0.15, -0.1) is 0 Å².